The summed E-state index contributed by atoms with van der Waals surface area (Å²) in [6.45, 7) is 3.27. The van der Waals surface area contributed by atoms with E-state index >= 15 is 0 Å². The van der Waals surface area contributed by atoms with Crippen LogP contribution in [0.2, 0.25) is 0 Å². The monoisotopic (exact) mass is 425 g/mol. The van der Waals surface area contributed by atoms with Crippen molar-refractivity contribution < 1.29 is 14.4 Å². The van der Waals surface area contributed by atoms with Crippen molar-refractivity contribution in [2.24, 2.45) is 11.0 Å². The number of fused-ring (bicyclic) bond motifs is 1. The zero-order valence-corrected chi connectivity index (χ0v) is 16.3. The minimum atomic E-state index is -0.891. The number of nitrogens with zero attached hydrogens (tertiary/aromatic N) is 3. The van der Waals surface area contributed by atoms with Crippen LogP contribution in [0.1, 0.15) is 12.5 Å². The van der Waals surface area contributed by atoms with Gasteiger partial charge in [-0.25, -0.2) is 4.90 Å². The third kappa shape index (κ3) is 2.70. The van der Waals surface area contributed by atoms with Crippen LogP contribution in [-0.4, -0.2) is 29.4 Å². The number of para-hydroxylation sites is 1. The van der Waals surface area contributed by atoms with Crippen LogP contribution in [-0.2, 0) is 14.4 Å². The van der Waals surface area contributed by atoms with Crippen LogP contribution in [0.15, 0.2) is 58.1 Å². The van der Waals surface area contributed by atoms with Crippen molar-refractivity contribution in [3.8, 4) is 0 Å². The van der Waals surface area contributed by atoms with Crippen molar-refractivity contribution in [1.29, 1.82) is 0 Å². The fourth-order valence-electron chi connectivity index (χ4n) is 3.57. The Balaban J connectivity index is 1.82. The Labute approximate surface area is 164 Å². The van der Waals surface area contributed by atoms with Crippen LogP contribution >= 0.6 is 15.9 Å². The van der Waals surface area contributed by atoms with Crippen LogP contribution < -0.4 is 9.91 Å². The van der Waals surface area contributed by atoms with Crippen LogP contribution in [0.25, 0.3) is 0 Å². The van der Waals surface area contributed by atoms with E-state index in [2.05, 4.69) is 21.0 Å². The summed E-state index contributed by atoms with van der Waals surface area (Å²) < 4.78 is 0.845. The summed E-state index contributed by atoms with van der Waals surface area (Å²) in [5, 5.41) is 5.89. The summed E-state index contributed by atoms with van der Waals surface area (Å²) in [4.78, 5) is 39.6. The third-order valence-corrected chi connectivity index (χ3v) is 5.39. The molecule has 0 aromatic heterocycles. The fraction of sp³-hybridized carbons (Fsp3) is 0.200. The van der Waals surface area contributed by atoms with Crippen molar-refractivity contribution in [3.05, 3.63) is 58.6 Å². The Kier molecular flexibility index (Phi) is 4.19. The normalized spacial score (nSPS) is 21.5. The van der Waals surface area contributed by atoms with Crippen molar-refractivity contribution in [2.75, 3.05) is 9.91 Å². The first-order chi connectivity index (χ1) is 12.9. The lowest BCUT2D eigenvalue weighted by Crippen LogP contribution is -2.39. The molecule has 2 aliphatic rings. The zero-order valence-electron chi connectivity index (χ0n) is 14.7. The molecule has 2 unspecified atom stereocenters. The molecule has 4 rings (SSSR count). The second-order valence-electron chi connectivity index (χ2n) is 6.58. The topological polar surface area (TPSA) is 70.1 Å². The molecule has 27 heavy (non-hydrogen) atoms. The molecule has 2 aliphatic heterocycles. The van der Waals surface area contributed by atoms with Gasteiger partial charge in [0.1, 0.15) is 17.7 Å². The quantitative estimate of drug-likeness (QED) is 0.708. The molecule has 2 amide bonds. The van der Waals surface area contributed by atoms with E-state index in [1.807, 2.05) is 31.2 Å². The highest BCUT2D eigenvalue weighted by Crippen LogP contribution is 2.39. The number of Topliss-reactive ketones (excluding diaryl/α,β-unsaturated/α-hetero) is 1. The van der Waals surface area contributed by atoms with Gasteiger partial charge in [-0.1, -0.05) is 34.1 Å². The Morgan fingerprint density at radius 3 is 2.33 bits per heavy atom. The van der Waals surface area contributed by atoms with E-state index in [1.165, 1.54) is 11.9 Å². The third-order valence-electron chi connectivity index (χ3n) is 4.86. The lowest BCUT2D eigenvalue weighted by Gasteiger charge is -2.23. The number of imide groups is 1. The van der Waals surface area contributed by atoms with Crippen LogP contribution in [0.3, 0.4) is 0 Å². The van der Waals surface area contributed by atoms with E-state index in [9.17, 15) is 14.4 Å². The standard InChI is InChI=1S/C20H16BrN3O3/c1-11-5-3-4-6-15(11)24-18-16(17(22-24)12(2)25)19(26)23(20(18)27)14-9-7-13(21)8-10-14/h3-10,16,18H,1-2H3. The minimum absolute atomic E-state index is 0.126. The van der Waals surface area contributed by atoms with E-state index in [0.29, 0.717) is 11.4 Å². The average Bonchev–Trinajstić information content (AvgIpc) is 3.14. The predicted octanol–water partition coefficient (Wildman–Crippen LogP) is 3.08. The van der Waals surface area contributed by atoms with Gasteiger partial charge < -0.3 is 0 Å². The van der Waals surface area contributed by atoms with Gasteiger partial charge in [0, 0.05) is 11.4 Å². The number of ketones is 1. The van der Waals surface area contributed by atoms with Gasteiger partial charge in [-0.2, -0.15) is 5.10 Å². The molecule has 0 radical (unpaired) electrons. The van der Waals surface area contributed by atoms with E-state index < -0.39 is 17.9 Å². The Hall–Kier alpha value is -2.80. The summed E-state index contributed by atoms with van der Waals surface area (Å²) in [6, 6.07) is 13.5. The van der Waals surface area contributed by atoms with Crippen LogP contribution in [0.5, 0.6) is 0 Å². The maximum Gasteiger partial charge on any atom is 0.259 e. The molecule has 2 atom stereocenters. The summed E-state index contributed by atoms with van der Waals surface area (Å²) >= 11 is 3.35. The molecule has 0 N–H and O–H groups in total. The highest BCUT2D eigenvalue weighted by atomic mass is 79.9. The summed E-state index contributed by atoms with van der Waals surface area (Å²) in [6.07, 6.45) is 0. The van der Waals surface area contributed by atoms with Crippen molar-refractivity contribution >= 4 is 50.6 Å². The molecular formula is C20H16BrN3O3. The van der Waals surface area contributed by atoms with Crippen molar-refractivity contribution in [2.45, 2.75) is 19.9 Å². The Morgan fingerprint density at radius 2 is 1.70 bits per heavy atom. The highest BCUT2D eigenvalue weighted by Gasteiger charge is 2.58. The van der Waals surface area contributed by atoms with E-state index in [1.54, 1.807) is 24.3 Å². The molecule has 2 heterocycles. The predicted molar refractivity (Wildman–Crippen MR) is 106 cm³/mol. The van der Waals surface area contributed by atoms with Crippen LogP contribution in [0, 0.1) is 12.8 Å². The molecule has 2 aromatic carbocycles. The number of aryl methyl sites for hydroxylation is 1. The second-order valence-corrected chi connectivity index (χ2v) is 7.50. The number of rotatable bonds is 3. The molecular weight excluding hydrogens is 410 g/mol. The number of carbonyl (C=O) groups excluding carboxylic acids is 3. The lowest BCUT2D eigenvalue weighted by atomic mass is 9.95. The average molecular weight is 426 g/mol. The molecule has 0 spiro atoms. The van der Waals surface area contributed by atoms with Gasteiger partial charge in [-0.15, -0.1) is 0 Å². The minimum Gasteiger partial charge on any atom is -0.293 e. The van der Waals surface area contributed by atoms with Gasteiger partial charge in [-0.3, -0.25) is 19.4 Å². The first-order valence-corrected chi connectivity index (χ1v) is 9.27. The van der Waals surface area contributed by atoms with Gasteiger partial charge >= 0.3 is 0 Å². The summed E-state index contributed by atoms with van der Waals surface area (Å²) in [7, 11) is 0. The molecule has 1 fully saturated rings. The number of halogens is 1. The highest BCUT2D eigenvalue weighted by molar-refractivity contribution is 9.10. The smallest absolute Gasteiger partial charge is 0.259 e. The molecule has 2 aromatic rings. The van der Waals surface area contributed by atoms with Gasteiger partial charge in [0.2, 0.25) is 5.91 Å². The first-order valence-electron chi connectivity index (χ1n) is 8.48. The van der Waals surface area contributed by atoms with Crippen LogP contribution in [0.4, 0.5) is 11.4 Å². The SMILES string of the molecule is CC(=O)C1=NN(c2ccccc2C)C2C(=O)N(c3ccc(Br)cc3)C(=O)C12. The molecule has 1 saturated heterocycles. The molecule has 6 nitrogen and oxygen atoms in total. The van der Waals surface area contributed by atoms with Gasteiger partial charge in [0.15, 0.2) is 5.78 Å². The van der Waals surface area contributed by atoms with Gasteiger partial charge in [-0.05, 0) is 42.8 Å². The number of anilines is 2. The number of benzene rings is 2. The largest absolute Gasteiger partial charge is 0.293 e. The maximum absolute atomic E-state index is 13.2. The number of hydrazone groups is 1. The van der Waals surface area contributed by atoms with E-state index in [0.717, 1.165) is 14.9 Å². The van der Waals surface area contributed by atoms with Gasteiger partial charge in [0.25, 0.3) is 5.91 Å². The summed E-state index contributed by atoms with van der Waals surface area (Å²) in [5.74, 6) is -1.99. The molecule has 0 aliphatic carbocycles. The Bertz CT molecular complexity index is 1000. The number of carbonyl (C=O) groups is 3. The molecule has 0 bridgehead atoms. The molecule has 0 saturated carbocycles. The fourth-order valence-corrected chi connectivity index (χ4v) is 3.83. The second kappa shape index (κ2) is 6.42. The number of hydrogen-bond donors (Lipinski definition) is 0. The number of amides is 2. The van der Waals surface area contributed by atoms with E-state index in [4.69, 9.17) is 0 Å². The molecule has 7 heteroatoms. The summed E-state index contributed by atoms with van der Waals surface area (Å²) in [5.41, 5.74) is 2.23. The van der Waals surface area contributed by atoms with Gasteiger partial charge in [0.05, 0.1) is 11.4 Å². The maximum atomic E-state index is 13.2. The number of hydrogen-bond acceptors (Lipinski definition) is 5. The van der Waals surface area contributed by atoms with Crippen molar-refractivity contribution in [3.63, 3.8) is 0 Å². The first kappa shape index (κ1) is 17.6. The molecule has 136 valence electrons. The van der Waals surface area contributed by atoms with Crippen molar-refractivity contribution in [1.82, 2.24) is 0 Å². The zero-order chi connectivity index (χ0) is 19.3. The lowest BCUT2D eigenvalue weighted by molar-refractivity contribution is -0.122. The van der Waals surface area contributed by atoms with E-state index in [-0.39, 0.29) is 17.4 Å². The Morgan fingerprint density at radius 1 is 1.04 bits per heavy atom.